The Morgan fingerprint density at radius 1 is 1.31 bits per heavy atom. The van der Waals surface area contributed by atoms with Crippen LogP contribution in [0.5, 0.6) is 0 Å². The van der Waals surface area contributed by atoms with Gasteiger partial charge in [-0.2, -0.15) is 0 Å². The molecule has 0 aliphatic carbocycles. The fourth-order valence-electron chi connectivity index (χ4n) is 0.974. The minimum absolute atomic E-state index is 0.0193. The summed E-state index contributed by atoms with van der Waals surface area (Å²) in [6.07, 6.45) is 4.22. The maximum Gasteiger partial charge on any atom is 0.342 e. The van der Waals surface area contributed by atoms with Crippen LogP contribution in [0.15, 0.2) is 11.6 Å². The lowest BCUT2D eigenvalue weighted by molar-refractivity contribution is -0.139. The number of Topliss-reactive ketones (excluding diaryl/α,β-unsaturated/α-hetero) is 1. The molecular weight excluding hydrogens is 204 g/mol. The predicted octanol–water partition coefficient (Wildman–Crippen LogP) is 2.26. The Bertz CT molecular complexity index is 329. The molecule has 0 atom stereocenters. The van der Waals surface area contributed by atoms with Crippen molar-refractivity contribution in [3.05, 3.63) is 11.6 Å². The van der Waals surface area contributed by atoms with Crippen LogP contribution in [-0.4, -0.2) is 18.4 Å². The van der Waals surface area contributed by atoms with Crippen molar-refractivity contribution in [2.75, 3.05) is 6.61 Å². The van der Waals surface area contributed by atoms with Crippen LogP contribution in [0.25, 0.3) is 0 Å². The molecule has 0 aliphatic rings. The highest BCUT2D eigenvalue weighted by molar-refractivity contribution is 6.16. The van der Waals surface area contributed by atoms with Gasteiger partial charge in [-0.15, -0.1) is 0 Å². The number of hydrogen-bond acceptors (Lipinski definition) is 3. The molecule has 0 aromatic rings. The van der Waals surface area contributed by atoms with Gasteiger partial charge in [0.05, 0.1) is 6.61 Å². The molecule has 0 fully saturated rings. The molecular formula is C13H18O3. The largest absolute Gasteiger partial charge is 0.462 e. The average molecular weight is 222 g/mol. The quantitative estimate of drug-likeness (QED) is 0.179. The lowest BCUT2D eigenvalue weighted by Gasteiger charge is -2.00. The first-order valence-electron chi connectivity index (χ1n) is 5.50. The number of rotatable bonds is 5. The van der Waals surface area contributed by atoms with E-state index >= 15 is 0 Å². The normalized spacial score (nSPS) is 10.3. The highest BCUT2D eigenvalue weighted by Crippen LogP contribution is 2.00. The summed E-state index contributed by atoms with van der Waals surface area (Å²) in [4.78, 5) is 22.5. The standard InChI is InChI=1S/C13H18O3/c1-4-6-7-8-9-10-12(11(3)14)13(15)16-5-2/h10H,4-7H2,1-3H3/b12-10+. The topological polar surface area (TPSA) is 43.4 Å². The number of unbranched alkanes of at least 4 members (excludes halogenated alkanes) is 2. The Kier molecular flexibility index (Phi) is 7.87. The average Bonchev–Trinajstić information content (AvgIpc) is 2.23. The maximum atomic E-state index is 11.3. The van der Waals surface area contributed by atoms with Gasteiger partial charge in [0.1, 0.15) is 5.57 Å². The molecule has 3 heteroatoms. The first-order valence-corrected chi connectivity index (χ1v) is 5.50. The SMILES string of the molecule is CCCCC#C/C=C(\C(C)=O)C(=O)OCC. The van der Waals surface area contributed by atoms with E-state index in [0.29, 0.717) is 0 Å². The van der Waals surface area contributed by atoms with Crippen LogP contribution in [0.4, 0.5) is 0 Å². The number of esters is 1. The third kappa shape index (κ3) is 6.02. The molecule has 16 heavy (non-hydrogen) atoms. The van der Waals surface area contributed by atoms with Crippen LogP contribution in [0, 0.1) is 11.8 Å². The van der Waals surface area contributed by atoms with Crippen molar-refractivity contribution >= 4 is 11.8 Å². The van der Waals surface area contributed by atoms with Crippen LogP contribution in [-0.2, 0) is 14.3 Å². The molecule has 0 aliphatic heterocycles. The number of ketones is 1. The zero-order valence-corrected chi connectivity index (χ0v) is 10.1. The summed E-state index contributed by atoms with van der Waals surface area (Å²) < 4.78 is 4.75. The third-order valence-corrected chi connectivity index (χ3v) is 1.85. The number of carbonyl (C=O) groups is 2. The van der Waals surface area contributed by atoms with E-state index in [4.69, 9.17) is 4.74 Å². The van der Waals surface area contributed by atoms with Gasteiger partial charge in [0.25, 0.3) is 0 Å². The van der Waals surface area contributed by atoms with Crippen molar-refractivity contribution in [3.8, 4) is 11.8 Å². The van der Waals surface area contributed by atoms with E-state index in [-0.39, 0.29) is 18.0 Å². The van der Waals surface area contributed by atoms with Gasteiger partial charge in [-0.05, 0) is 20.3 Å². The summed E-state index contributed by atoms with van der Waals surface area (Å²) >= 11 is 0. The number of hydrogen-bond donors (Lipinski definition) is 0. The Hall–Kier alpha value is -1.56. The molecule has 0 amide bonds. The van der Waals surface area contributed by atoms with Crippen LogP contribution in [0.1, 0.15) is 40.0 Å². The molecule has 0 bridgehead atoms. The molecule has 0 unspecified atom stereocenters. The Labute approximate surface area is 96.9 Å². The van der Waals surface area contributed by atoms with E-state index in [1.54, 1.807) is 6.92 Å². The fourth-order valence-corrected chi connectivity index (χ4v) is 0.974. The lowest BCUT2D eigenvalue weighted by Crippen LogP contribution is -2.13. The zero-order chi connectivity index (χ0) is 12.4. The van der Waals surface area contributed by atoms with Gasteiger partial charge in [0.2, 0.25) is 0 Å². The van der Waals surface area contributed by atoms with Crippen molar-refractivity contribution < 1.29 is 14.3 Å². The molecule has 3 nitrogen and oxygen atoms in total. The van der Waals surface area contributed by atoms with Crippen molar-refractivity contribution in [2.45, 2.75) is 40.0 Å². The van der Waals surface area contributed by atoms with Crippen molar-refractivity contribution in [2.24, 2.45) is 0 Å². The molecule has 0 aromatic carbocycles. The summed E-state index contributed by atoms with van der Waals surface area (Å²) in [5.74, 6) is 4.68. The molecule has 0 saturated heterocycles. The molecule has 0 spiro atoms. The Morgan fingerprint density at radius 2 is 2.00 bits per heavy atom. The summed E-state index contributed by atoms with van der Waals surface area (Å²) in [6.45, 7) is 5.36. The maximum absolute atomic E-state index is 11.3. The van der Waals surface area contributed by atoms with E-state index in [1.165, 1.54) is 13.0 Å². The number of ether oxygens (including phenoxy) is 1. The van der Waals surface area contributed by atoms with E-state index in [0.717, 1.165) is 19.3 Å². The van der Waals surface area contributed by atoms with Crippen molar-refractivity contribution in [3.63, 3.8) is 0 Å². The van der Waals surface area contributed by atoms with E-state index in [1.807, 2.05) is 0 Å². The van der Waals surface area contributed by atoms with Crippen LogP contribution in [0.3, 0.4) is 0 Å². The third-order valence-electron chi connectivity index (χ3n) is 1.85. The fraction of sp³-hybridized carbons (Fsp3) is 0.538. The molecule has 0 N–H and O–H groups in total. The summed E-state index contributed by atoms with van der Waals surface area (Å²) in [7, 11) is 0. The van der Waals surface area contributed by atoms with Crippen LogP contribution >= 0.6 is 0 Å². The second-order valence-corrected chi connectivity index (χ2v) is 3.26. The molecule has 0 aromatic heterocycles. The molecule has 0 saturated carbocycles. The highest BCUT2D eigenvalue weighted by Gasteiger charge is 2.14. The number of carbonyl (C=O) groups excluding carboxylic acids is 2. The zero-order valence-electron chi connectivity index (χ0n) is 10.1. The summed E-state index contributed by atoms with van der Waals surface area (Å²) in [6, 6.07) is 0. The van der Waals surface area contributed by atoms with Crippen LogP contribution < -0.4 is 0 Å². The minimum Gasteiger partial charge on any atom is -0.462 e. The second-order valence-electron chi connectivity index (χ2n) is 3.26. The van der Waals surface area contributed by atoms with Gasteiger partial charge >= 0.3 is 5.97 Å². The predicted molar refractivity (Wildman–Crippen MR) is 62.7 cm³/mol. The smallest absolute Gasteiger partial charge is 0.342 e. The van der Waals surface area contributed by atoms with Gasteiger partial charge in [-0.1, -0.05) is 25.2 Å². The van der Waals surface area contributed by atoms with Gasteiger partial charge < -0.3 is 4.74 Å². The minimum atomic E-state index is -0.597. The summed E-state index contributed by atoms with van der Waals surface area (Å²) in [5, 5.41) is 0. The lowest BCUT2D eigenvalue weighted by atomic mass is 10.1. The molecule has 0 radical (unpaired) electrons. The first kappa shape index (κ1) is 14.4. The molecule has 88 valence electrons. The molecule has 0 heterocycles. The van der Waals surface area contributed by atoms with Gasteiger partial charge in [0, 0.05) is 12.5 Å². The van der Waals surface area contributed by atoms with E-state index < -0.39 is 5.97 Å². The van der Waals surface area contributed by atoms with Gasteiger partial charge in [-0.25, -0.2) is 4.79 Å². The van der Waals surface area contributed by atoms with Crippen molar-refractivity contribution in [1.29, 1.82) is 0 Å². The molecule has 0 rings (SSSR count). The highest BCUT2D eigenvalue weighted by atomic mass is 16.5. The monoisotopic (exact) mass is 222 g/mol. The van der Waals surface area contributed by atoms with Gasteiger partial charge in [-0.3, -0.25) is 4.79 Å². The van der Waals surface area contributed by atoms with Crippen LogP contribution in [0.2, 0.25) is 0 Å². The summed E-state index contributed by atoms with van der Waals surface area (Å²) in [5.41, 5.74) is 0.0193. The number of allylic oxidation sites excluding steroid dienone is 1. The first-order chi connectivity index (χ1) is 7.63. The second kappa shape index (κ2) is 8.72. The van der Waals surface area contributed by atoms with Gasteiger partial charge in [0.15, 0.2) is 5.78 Å². The Morgan fingerprint density at radius 3 is 2.50 bits per heavy atom. The van der Waals surface area contributed by atoms with E-state index in [9.17, 15) is 9.59 Å². The van der Waals surface area contributed by atoms with E-state index in [2.05, 4.69) is 18.8 Å². The Balaban J connectivity index is 4.51. The van der Waals surface area contributed by atoms with Crippen molar-refractivity contribution in [1.82, 2.24) is 0 Å².